The number of unbranched alkanes of at least 4 members (excludes halogenated alkanes) is 5. The zero-order chi connectivity index (χ0) is 15.9. The SMILES string of the molecule is CCC/C=C\CCCCCCC(=O)OCC(O)CC(C)C. The van der Waals surface area contributed by atoms with Crippen molar-refractivity contribution in [3.63, 3.8) is 0 Å². The molecular formula is C18H34O3. The Hall–Kier alpha value is -0.830. The number of aliphatic hydroxyl groups excluding tert-OH is 1. The summed E-state index contributed by atoms with van der Waals surface area (Å²) in [5.74, 6) is 0.241. The summed E-state index contributed by atoms with van der Waals surface area (Å²) >= 11 is 0. The van der Waals surface area contributed by atoms with E-state index in [1.54, 1.807) is 0 Å². The molecule has 0 aliphatic heterocycles. The molecular weight excluding hydrogens is 264 g/mol. The van der Waals surface area contributed by atoms with Crippen molar-refractivity contribution in [2.45, 2.75) is 84.7 Å². The van der Waals surface area contributed by atoms with Gasteiger partial charge in [-0.2, -0.15) is 0 Å². The van der Waals surface area contributed by atoms with Crippen LogP contribution in [0.1, 0.15) is 78.6 Å². The summed E-state index contributed by atoms with van der Waals surface area (Å²) in [7, 11) is 0. The number of ether oxygens (including phenoxy) is 1. The molecule has 0 amide bonds. The van der Waals surface area contributed by atoms with Crippen LogP contribution in [0.4, 0.5) is 0 Å². The van der Waals surface area contributed by atoms with E-state index in [1.807, 2.05) is 13.8 Å². The van der Waals surface area contributed by atoms with Crippen LogP contribution in [0.25, 0.3) is 0 Å². The first-order valence-electron chi connectivity index (χ1n) is 8.55. The predicted molar refractivity (Wildman–Crippen MR) is 88.2 cm³/mol. The molecule has 0 saturated heterocycles. The first-order valence-corrected chi connectivity index (χ1v) is 8.55. The minimum absolute atomic E-state index is 0.138. The Morgan fingerprint density at radius 2 is 1.76 bits per heavy atom. The van der Waals surface area contributed by atoms with Crippen molar-refractivity contribution in [3.8, 4) is 0 Å². The van der Waals surface area contributed by atoms with E-state index in [2.05, 4.69) is 19.1 Å². The van der Waals surface area contributed by atoms with Crippen molar-refractivity contribution in [1.29, 1.82) is 0 Å². The molecule has 0 aromatic rings. The van der Waals surface area contributed by atoms with Gasteiger partial charge in [0, 0.05) is 6.42 Å². The molecule has 0 aromatic heterocycles. The molecule has 1 unspecified atom stereocenters. The van der Waals surface area contributed by atoms with E-state index in [4.69, 9.17) is 4.74 Å². The largest absolute Gasteiger partial charge is 0.463 e. The lowest BCUT2D eigenvalue weighted by Gasteiger charge is -2.13. The van der Waals surface area contributed by atoms with E-state index in [0.29, 0.717) is 18.8 Å². The van der Waals surface area contributed by atoms with E-state index in [9.17, 15) is 9.90 Å². The number of rotatable bonds is 13. The summed E-state index contributed by atoms with van der Waals surface area (Å²) in [4.78, 5) is 11.5. The van der Waals surface area contributed by atoms with Gasteiger partial charge in [0.15, 0.2) is 0 Å². The van der Waals surface area contributed by atoms with Gasteiger partial charge in [-0.15, -0.1) is 0 Å². The van der Waals surface area contributed by atoms with Crippen LogP contribution >= 0.6 is 0 Å². The van der Waals surface area contributed by atoms with Crippen LogP contribution < -0.4 is 0 Å². The number of carbonyl (C=O) groups is 1. The van der Waals surface area contributed by atoms with E-state index < -0.39 is 6.10 Å². The van der Waals surface area contributed by atoms with Crippen LogP contribution in [0.5, 0.6) is 0 Å². The zero-order valence-electron chi connectivity index (χ0n) is 14.1. The standard InChI is InChI=1S/C18H34O3/c1-4-5-6-7-8-9-10-11-12-13-18(20)21-15-17(19)14-16(2)3/h6-7,16-17,19H,4-5,8-15H2,1-3H3/b7-6-. The second-order valence-corrected chi connectivity index (χ2v) is 6.18. The van der Waals surface area contributed by atoms with Gasteiger partial charge in [0.05, 0.1) is 6.10 Å². The number of aliphatic hydroxyl groups is 1. The molecule has 0 aliphatic rings. The van der Waals surface area contributed by atoms with Crippen LogP contribution in [0.2, 0.25) is 0 Å². The predicted octanol–water partition coefficient (Wildman–Crippen LogP) is 4.63. The molecule has 0 rings (SSSR count). The van der Waals surface area contributed by atoms with Gasteiger partial charge in [-0.3, -0.25) is 4.79 Å². The normalized spacial score (nSPS) is 13.0. The second-order valence-electron chi connectivity index (χ2n) is 6.18. The molecule has 0 bridgehead atoms. The van der Waals surface area contributed by atoms with Crippen molar-refractivity contribution >= 4 is 5.97 Å². The van der Waals surface area contributed by atoms with Crippen LogP contribution in [-0.4, -0.2) is 23.8 Å². The Kier molecular flexibility index (Phi) is 13.6. The van der Waals surface area contributed by atoms with Gasteiger partial charge in [0.25, 0.3) is 0 Å². The Bertz CT molecular complexity index is 272. The molecule has 0 spiro atoms. The van der Waals surface area contributed by atoms with Crippen LogP contribution in [0, 0.1) is 5.92 Å². The number of carbonyl (C=O) groups excluding carboxylic acids is 1. The maximum absolute atomic E-state index is 11.5. The molecule has 3 nitrogen and oxygen atoms in total. The third-order valence-electron chi connectivity index (χ3n) is 3.30. The first-order chi connectivity index (χ1) is 10.1. The van der Waals surface area contributed by atoms with Crippen molar-refractivity contribution in [1.82, 2.24) is 0 Å². The fraction of sp³-hybridized carbons (Fsp3) is 0.833. The molecule has 0 saturated carbocycles. The minimum Gasteiger partial charge on any atom is -0.463 e. The monoisotopic (exact) mass is 298 g/mol. The first kappa shape index (κ1) is 20.2. The summed E-state index contributed by atoms with van der Waals surface area (Å²) in [6.45, 7) is 6.41. The van der Waals surface area contributed by atoms with Crippen LogP contribution in [0.3, 0.4) is 0 Å². The Morgan fingerprint density at radius 1 is 1.10 bits per heavy atom. The topological polar surface area (TPSA) is 46.5 Å². The zero-order valence-corrected chi connectivity index (χ0v) is 14.1. The highest BCUT2D eigenvalue weighted by atomic mass is 16.5. The van der Waals surface area contributed by atoms with Crippen molar-refractivity contribution < 1.29 is 14.6 Å². The Labute approximate surface area is 130 Å². The van der Waals surface area contributed by atoms with Gasteiger partial charge in [-0.1, -0.05) is 52.2 Å². The molecule has 3 heteroatoms. The van der Waals surface area contributed by atoms with Gasteiger partial charge in [0.2, 0.25) is 0 Å². The van der Waals surface area contributed by atoms with Gasteiger partial charge >= 0.3 is 5.97 Å². The molecule has 0 aromatic carbocycles. The Morgan fingerprint density at radius 3 is 2.43 bits per heavy atom. The molecule has 124 valence electrons. The van der Waals surface area contributed by atoms with E-state index in [1.165, 1.54) is 25.7 Å². The molecule has 0 aliphatic carbocycles. The lowest BCUT2D eigenvalue weighted by atomic mass is 10.1. The fourth-order valence-electron chi connectivity index (χ4n) is 2.16. The number of hydrogen-bond acceptors (Lipinski definition) is 3. The summed E-state index contributed by atoms with van der Waals surface area (Å²) in [6.07, 6.45) is 13.0. The fourth-order valence-corrected chi connectivity index (χ4v) is 2.16. The highest BCUT2D eigenvalue weighted by Gasteiger charge is 2.10. The van der Waals surface area contributed by atoms with E-state index in [-0.39, 0.29) is 12.6 Å². The third-order valence-corrected chi connectivity index (χ3v) is 3.30. The van der Waals surface area contributed by atoms with E-state index >= 15 is 0 Å². The maximum Gasteiger partial charge on any atom is 0.305 e. The smallest absolute Gasteiger partial charge is 0.305 e. The summed E-state index contributed by atoms with van der Waals surface area (Å²) in [6, 6.07) is 0. The summed E-state index contributed by atoms with van der Waals surface area (Å²) in [5.41, 5.74) is 0. The van der Waals surface area contributed by atoms with Crippen molar-refractivity contribution in [3.05, 3.63) is 12.2 Å². The summed E-state index contributed by atoms with van der Waals surface area (Å²) < 4.78 is 5.08. The highest BCUT2D eigenvalue weighted by Crippen LogP contribution is 2.08. The van der Waals surface area contributed by atoms with Crippen molar-refractivity contribution in [2.24, 2.45) is 5.92 Å². The average Bonchev–Trinajstić information content (AvgIpc) is 2.42. The van der Waals surface area contributed by atoms with Gasteiger partial charge in [-0.05, 0) is 38.0 Å². The molecule has 1 atom stereocenters. The lowest BCUT2D eigenvalue weighted by Crippen LogP contribution is -2.20. The van der Waals surface area contributed by atoms with Crippen LogP contribution in [0.15, 0.2) is 12.2 Å². The summed E-state index contributed by atoms with van der Waals surface area (Å²) in [5, 5.41) is 9.62. The van der Waals surface area contributed by atoms with Gasteiger partial charge in [0.1, 0.15) is 6.61 Å². The average molecular weight is 298 g/mol. The third kappa shape index (κ3) is 15.4. The van der Waals surface area contributed by atoms with E-state index in [0.717, 1.165) is 19.3 Å². The maximum atomic E-state index is 11.5. The second kappa shape index (κ2) is 14.1. The molecule has 1 N–H and O–H groups in total. The molecule has 0 heterocycles. The molecule has 0 fully saturated rings. The Balaban J connectivity index is 3.38. The highest BCUT2D eigenvalue weighted by molar-refractivity contribution is 5.69. The quantitative estimate of drug-likeness (QED) is 0.306. The van der Waals surface area contributed by atoms with Crippen molar-refractivity contribution in [2.75, 3.05) is 6.61 Å². The number of allylic oxidation sites excluding steroid dienone is 2. The molecule has 21 heavy (non-hydrogen) atoms. The number of esters is 1. The number of hydrogen-bond donors (Lipinski definition) is 1. The van der Waals surface area contributed by atoms with Gasteiger partial charge in [-0.25, -0.2) is 0 Å². The van der Waals surface area contributed by atoms with Crippen LogP contribution in [-0.2, 0) is 9.53 Å². The lowest BCUT2D eigenvalue weighted by molar-refractivity contribution is -0.147. The van der Waals surface area contributed by atoms with Gasteiger partial charge < -0.3 is 9.84 Å². The molecule has 0 radical (unpaired) electrons. The minimum atomic E-state index is -0.524.